The van der Waals surface area contributed by atoms with Gasteiger partial charge in [0.15, 0.2) is 0 Å². The van der Waals surface area contributed by atoms with Crippen LogP contribution in [0, 0.1) is 5.82 Å². The van der Waals surface area contributed by atoms with Crippen LogP contribution in [0.5, 0.6) is 0 Å². The molecule has 0 bridgehead atoms. The van der Waals surface area contributed by atoms with E-state index in [0.717, 1.165) is 37.2 Å². The quantitative estimate of drug-likeness (QED) is 0.884. The number of benzene rings is 1. The van der Waals surface area contributed by atoms with E-state index in [-0.39, 0.29) is 5.82 Å². The van der Waals surface area contributed by atoms with Crippen LogP contribution < -0.4 is 5.32 Å². The number of hydrogen-bond acceptors (Lipinski definition) is 2. The predicted octanol–water partition coefficient (Wildman–Crippen LogP) is 3.46. The van der Waals surface area contributed by atoms with Crippen molar-refractivity contribution < 1.29 is 4.39 Å². The summed E-state index contributed by atoms with van der Waals surface area (Å²) in [5.74, 6) is 0.324. The zero-order valence-corrected chi connectivity index (χ0v) is 11.5. The summed E-state index contributed by atoms with van der Waals surface area (Å²) in [7, 11) is 2.13. The Bertz CT molecular complexity index is 395. The summed E-state index contributed by atoms with van der Waals surface area (Å²) >= 11 is 0. The third-order valence-electron chi connectivity index (χ3n) is 3.61. The fourth-order valence-electron chi connectivity index (χ4n) is 2.60. The molecule has 0 saturated carbocycles. The van der Waals surface area contributed by atoms with E-state index in [4.69, 9.17) is 0 Å². The van der Waals surface area contributed by atoms with Crippen molar-refractivity contribution in [3.8, 4) is 0 Å². The molecule has 1 saturated heterocycles. The average Bonchev–Trinajstić information content (AvgIpc) is 2.30. The maximum Gasteiger partial charge on any atom is 0.128 e. The van der Waals surface area contributed by atoms with E-state index in [1.54, 1.807) is 6.07 Å². The van der Waals surface area contributed by atoms with E-state index in [1.807, 2.05) is 12.1 Å². The standard InChI is InChI=1S/C15H23FN2/c1-11(2)17-13-4-5-14(15(16)10-13)12-6-8-18(3)9-7-12/h4-5,10-12,17H,6-9H2,1-3H3. The minimum atomic E-state index is -0.0600. The topological polar surface area (TPSA) is 15.3 Å². The fraction of sp³-hybridized carbons (Fsp3) is 0.600. The van der Waals surface area contributed by atoms with Gasteiger partial charge in [-0.1, -0.05) is 6.07 Å². The summed E-state index contributed by atoms with van der Waals surface area (Å²) in [6.45, 7) is 6.25. The Hall–Kier alpha value is -1.09. The molecule has 0 radical (unpaired) electrons. The summed E-state index contributed by atoms with van der Waals surface area (Å²) in [6.07, 6.45) is 2.12. The molecule has 0 spiro atoms. The van der Waals surface area contributed by atoms with Gasteiger partial charge in [0, 0.05) is 11.7 Å². The number of rotatable bonds is 3. The maximum absolute atomic E-state index is 14.1. The zero-order chi connectivity index (χ0) is 13.1. The molecule has 1 aromatic rings. The summed E-state index contributed by atoms with van der Waals surface area (Å²) < 4.78 is 14.1. The number of piperidine rings is 1. The number of anilines is 1. The Kier molecular flexibility index (Phi) is 4.23. The molecule has 2 rings (SSSR count). The summed E-state index contributed by atoms with van der Waals surface area (Å²) in [4.78, 5) is 2.31. The molecule has 0 atom stereocenters. The first-order valence-electron chi connectivity index (χ1n) is 6.81. The smallest absolute Gasteiger partial charge is 0.128 e. The summed E-state index contributed by atoms with van der Waals surface area (Å²) in [5, 5.41) is 3.23. The Balaban J connectivity index is 2.09. The molecule has 0 aliphatic carbocycles. The Labute approximate surface area is 109 Å². The number of halogens is 1. The monoisotopic (exact) mass is 250 g/mol. The minimum Gasteiger partial charge on any atom is -0.383 e. The molecule has 2 nitrogen and oxygen atoms in total. The number of likely N-dealkylation sites (tertiary alicyclic amines) is 1. The van der Waals surface area contributed by atoms with Crippen molar-refractivity contribution in [2.24, 2.45) is 0 Å². The van der Waals surface area contributed by atoms with Gasteiger partial charge in [0.2, 0.25) is 0 Å². The highest BCUT2D eigenvalue weighted by molar-refractivity contribution is 5.46. The van der Waals surface area contributed by atoms with Crippen LogP contribution in [0.2, 0.25) is 0 Å². The maximum atomic E-state index is 14.1. The second-order valence-electron chi connectivity index (χ2n) is 5.61. The van der Waals surface area contributed by atoms with Gasteiger partial charge in [-0.3, -0.25) is 0 Å². The van der Waals surface area contributed by atoms with Gasteiger partial charge in [-0.05, 0) is 70.4 Å². The largest absolute Gasteiger partial charge is 0.383 e. The molecule has 100 valence electrons. The third kappa shape index (κ3) is 3.22. The summed E-state index contributed by atoms with van der Waals surface area (Å²) in [6, 6.07) is 5.92. The van der Waals surface area contributed by atoms with Crippen LogP contribution in [0.3, 0.4) is 0 Å². The van der Waals surface area contributed by atoms with Gasteiger partial charge in [-0.2, -0.15) is 0 Å². The molecule has 1 fully saturated rings. The van der Waals surface area contributed by atoms with Crippen molar-refractivity contribution in [2.75, 3.05) is 25.5 Å². The van der Waals surface area contributed by atoms with Crippen molar-refractivity contribution in [3.63, 3.8) is 0 Å². The van der Waals surface area contributed by atoms with Crippen LogP contribution in [0.1, 0.15) is 38.2 Å². The van der Waals surface area contributed by atoms with E-state index in [0.29, 0.717) is 12.0 Å². The lowest BCUT2D eigenvalue weighted by atomic mass is 9.89. The molecule has 1 aliphatic rings. The highest BCUT2D eigenvalue weighted by Crippen LogP contribution is 2.30. The van der Waals surface area contributed by atoms with Crippen molar-refractivity contribution in [1.29, 1.82) is 0 Å². The fourth-order valence-corrected chi connectivity index (χ4v) is 2.60. The SMILES string of the molecule is CC(C)Nc1ccc(C2CCN(C)CC2)c(F)c1. The molecule has 0 amide bonds. The summed E-state index contributed by atoms with van der Waals surface area (Å²) in [5.41, 5.74) is 1.76. The van der Waals surface area contributed by atoms with Gasteiger partial charge < -0.3 is 10.2 Å². The molecule has 1 N–H and O–H groups in total. The molecular formula is C15H23FN2. The van der Waals surface area contributed by atoms with Crippen LogP contribution in [0.25, 0.3) is 0 Å². The van der Waals surface area contributed by atoms with E-state index >= 15 is 0 Å². The minimum absolute atomic E-state index is 0.0600. The van der Waals surface area contributed by atoms with Crippen molar-refractivity contribution >= 4 is 5.69 Å². The number of nitrogens with zero attached hydrogens (tertiary/aromatic N) is 1. The van der Waals surface area contributed by atoms with Gasteiger partial charge in [0.25, 0.3) is 0 Å². The molecule has 3 heteroatoms. The normalized spacial score (nSPS) is 18.3. The van der Waals surface area contributed by atoms with Gasteiger partial charge in [-0.25, -0.2) is 4.39 Å². The number of nitrogens with one attached hydrogen (secondary N) is 1. The number of hydrogen-bond donors (Lipinski definition) is 1. The van der Waals surface area contributed by atoms with Crippen LogP contribution in [0.4, 0.5) is 10.1 Å². The molecule has 0 aromatic heterocycles. The van der Waals surface area contributed by atoms with Crippen molar-refractivity contribution in [3.05, 3.63) is 29.6 Å². The van der Waals surface area contributed by atoms with E-state index in [9.17, 15) is 4.39 Å². The molecule has 18 heavy (non-hydrogen) atoms. The highest BCUT2D eigenvalue weighted by atomic mass is 19.1. The van der Waals surface area contributed by atoms with Gasteiger partial charge in [0.1, 0.15) is 5.82 Å². The molecule has 0 unspecified atom stereocenters. The second kappa shape index (κ2) is 5.70. The second-order valence-corrected chi connectivity index (χ2v) is 5.61. The molecule has 1 aromatic carbocycles. The highest BCUT2D eigenvalue weighted by Gasteiger charge is 2.21. The Morgan fingerprint density at radius 2 is 1.94 bits per heavy atom. The van der Waals surface area contributed by atoms with Crippen LogP contribution in [-0.4, -0.2) is 31.1 Å². The van der Waals surface area contributed by atoms with Gasteiger partial charge in [0.05, 0.1) is 0 Å². The zero-order valence-electron chi connectivity index (χ0n) is 11.5. The van der Waals surface area contributed by atoms with Gasteiger partial charge in [-0.15, -0.1) is 0 Å². The van der Waals surface area contributed by atoms with E-state index in [1.165, 1.54) is 0 Å². The first-order valence-corrected chi connectivity index (χ1v) is 6.81. The van der Waals surface area contributed by atoms with E-state index in [2.05, 4.69) is 31.1 Å². The first-order chi connectivity index (χ1) is 8.56. The molecular weight excluding hydrogens is 227 g/mol. The van der Waals surface area contributed by atoms with Crippen LogP contribution in [0.15, 0.2) is 18.2 Å². The van der Waals surface area contributed by atoms with E-state index < -0.39 is 0 Å². The third-order valence-corrected chi connectivity index (χ3v) is 3.61. The molecule has 1 heterocycles. The lowest BCUT2D eigenvalue weighted by molar-refractivity contribution is 0.253. The van der Waals surface area contributed by atoms with Crippen molar-refractivity contribution in [1.82, 2.24) is 4.90 Å². The average molecular weight is 250 g/mol. The Morgan fingerprint density at radius 1 is 1.28 bits per heavy atom. The lowest BCUT2D eigenvalue weighted by Crippen LogP contribution is -2.29. The first kappa shape index (κ1) is 13.3. The van der Waals surface area contributed by atoms with Gasteiger partial charge >= 0.3 is 0 Å². The molecule has 1 aliphatic heterocycles. The predicted molar refractivity (Wildman–Crippen MR) is 74.6 cm³/mol. The lowest BCUT2D eigenvalue weighted by Gasteiger charge is -2.29. The Morgan fingerprint density at radius 3 is 2.50 bits per heavy atom. The van der Waals surface area contributed by atoms with Crippen LogP contribution in [-0.2, 0) is 0 Å². The van der Waals surface area contributed by atoms with Crippen molar-refractivity contribution in [2.45, 2.75) is 38.6 Å². The van der Waals surface area contributed by atoms with Crippen LogP contribution >= 0.6 is 0 Å².